The first-order chi connectivity index (χ1) is 9.27. The molecule has 1 atom stereocenters. The fourth-order valence-corrected chi connectivity index (χ4v) is 2.24. The fraction of sp³-hybridized carbons (Fsp3) is 0.333. The van der Waals surface area contributed by atoms with Crippen LogP contribution >= 0.6 is 11.6 Å². The van der Waals surface area contributed by atoms with Crippen molar-refractivity contribution in [1.82, 2.24) is 4.98 Å². The Morgan fingerprint density at radius 1 is 1.50 bits per heavy atom. The predicted molar refractivity (Wildman–Crippen MR) is 65.9 cm³/mol. The summed E-state index contributed by atoms with van der Waals surface area (Å²) in [6.45, 7) is 1.68. The lowest BCUT2D eigenvalue weighted by Crippen LogP contribution is -2.36. The number of alkyl halides is 3. The van der Waals surface area contributed by atoms with Crippen LogP contribution in [0.15, 0.2) is 28.9 Å². The Balaban J connectivity index is 2.42. The Morgan fingerprint density at radius 2 is 2.15 bits per heavy atom. The van der Waals surface area contributed by atoms with Crippen molar-refractivity contribution < 1.29 is 23.1 Å². The lowest BCUT2D eigenvalue weighted by atomic mass is 10.2. The Kier molecular flexibility index (Phi) is 3.75. The van der Waals surface area contributed by atoms with E-state index >= 15 is 0 Å². The molecule has 108 valence electrons. The minimum atomic E-state index is -4.56. The second-order valence-corrected chi connectivity index (χ2v) is 4.52. The van der Waals surface area contributed by atoms with E-state index < -0.39 is 23.9 Å². The van der Waals surface area contributed by atoms with Gasteiger partial charge in [-0.25, -0.2) is 4.98 Å². The van der Waals surface area contributed by atoms with Crippen LogP contribution in [0.5, 0.6) is 0 Å². The maximum atomic E-state index is 12.6. The number of pyridine rings is 1. The molecule has 0 aliphatic carbocycles. The number of aliphatic hydroxyl groups excluding tert-OH is 1. The predicted octanol–water partition coefficient (Wildman–Crippen LogP) is 2.67. The summed E-state index contributed by atoms with van der Waals surface area (Å²) in [7, 11) is 0. The van der Waals surface area contributed by atoms with Gasteiger partial charge in [0.25, 0.3) is 5.91 Å². The molecule has 2 rings (SSSR count). The first-order valence-electron chi connectivity index (χ1n) is 5.70. The van der Waals surface area contributed by atoms with Gasteiger partial charge in [-0.15, -0.1) is 0 Å². The Bertz CT molecular complexity index is 586. The zero-order chi connectivity index (χ0) is 15.1. The molecule has 1 aromatic rings. The van der Waals surface area contributed by atoms with Crippen LogP contribution in [-0.4, -0.2) is 22.2 Å². The molecular formula is C12H10ClF3N2O2. The molecule has 1 unspecified atom stereocenters. The number of halogens is 4. The minimum Gasteiger partial charge on any atom is -0.369 e. The Morgan fingerprint density at radius 3 is 2.65 bits per heavy atom. The van der Waals surface area contributed by atoms with Gasteiger partial charge in [0.05, 0.1) is 5.56 Å². The van der Waals surface area contributed by atoms with Crippen LogP contribution in [0.4, 0.5) is 19.0 Å². The first-order valence-corrected chi connectivity index (χ1v) is 6.08. The molecule has 2 heterocycles. The van der Waals surface area contributed by atoms with Gasteiger partial charge in [-0.1, -0.05) is 18.5 Å². The molecule has 0 saturated heterocycles. The van der Waals surface area contributed by atoms with Gasteiger partial charge in [-0.2, -0.15) is 13.2 Å². The van der Waals surface area contributed by atoms with Crippen LogP contribution in [0.2, 0.25) is 0 Å². The number of aromatic nitrogens is 1. The third-order valence-electron chi connectivity index (χ3n) is 2.95. The fourth-order valence-electron chi connectivity index (χ4n) is 1.92. The SMILES string of the molecule is CCC1=C(Cl)C(=O)N(c2cc(C(F)(F)F)ccn2)C1O. The van der Waals surface area contributed by atoms with Crippen molar-refractivity contribution in [2.24, 2.45) is 0 Å². The molecule has 0 spiro atoms. The average molecular weight is 307 g/mol. The lowest BCUT2D eigenvalue weighted by Gasteiger charge is -2.22. The number of nitrogens with zero attached hydrogens (tertiary/aromatic N) is 2. The van der Waals surface area contributed by atoms with E-state index in [0.29, 0.717) is 12.5 Å². The van der Waals surface area contributed by atoms with Gasteiger partial charge in [0, 0.05) is 11.8 Å². The van der Waals surface area contributed by atoms with E-state index in [9.17, 15) is 23.1 Å². The van der Waals surface area contributed by atoms with Crippen LogP contribution < -0.4 is 4.90 Å². The van der Waals surface area contributed by atoms with Crippen molar-refractivity contribution in [2.75, 3.05) is 4.90 Å². The average Bonchev–Trinajstić information content (AvgIpc) is 2.59. The molecule has 0 fully saturated rings. The van der Waals surface area contributed by atoms with E-state index in [2.05, 4.69) is 4.98 Å². The van der Waals surface area contributed by atoms with Crippen molar-refractivity contribution in [3.8, 4) is 0 Å². The molecule has 1 N–H and O–H groups in total. The third-order valence-corrected chi connectivity index (χ3v) is 3.35. The summed E-state index contributed by atoms with van der Waals surface area (Å²) in [6, 6.07) is 1.48. The third kappa shape index (κ3) is 2.38. The van der Waals surface area contributed by atoms with E-state index in [4.69, 9.17) is 11.6 Å². The van der Waals surface area contributed by atoms with Gasteiger partial charge < -0.3 is 5.11 Å². The number of aliphatic hydroxyl groups is 1. The summed E-state index contributed by atoms with van der Waals surface area (Å²) in [5.41, 5.74) is -0.695. The number of rotatable bonds is 2. The summed E-state index contributed by atoms with van der Waals surface area (Å²) < 4.78 is 37.9. The van der Waals surface area contributed by atoms with E-state index in [0.717, 1.165) is 17.2 Å². The van der Waals surface area contributed by atoms with Crippen molar-refractivity contribution >= 4 is 23.3 Å². The largest absolute Gasteiger partial charge is 0.416 e. The topological polar surface area (TPSA) is 53.4 Å². The number of amides is 1. The molecule has 8 heteroatoms. The normalized spacial score (nSPS) is 20.0. The number of hydrogen-bond donors (Lipinski definition) is 1. The second-order valence-electron chi connectivity index (χ2n) is 4.14. The molecule has 4 nitrogen and oxygen atoms in total. The number of anilines is 1. The molecule has 20 heavy (non-hydrogen) atoms. The smallest absolute Gasteiger partial charge is 0.369 e. The second kappa shape index (κ2) is 5.06. The molecule has 0 bridgehead atoms. The highest BCUT2D eigenvalue weighted by atomic mass is 35.5. The zero-order valence-electron chi connectivity index (χ0n) is 10.3. The molecule has 0 radical (unpaired) electrons. The van der Waals surface area contributed by atoms with Gasteiger partial charge >= 0.3 is 6.18 Å². The summed E-state index contributed by atoms with van der Waals surface area (Å²) in [4.78, 5) is 16.3. The van der Waals surface area contributed by atoms with Gasteiger partial charge in [0.2, 0.25) is 0 Å². The summed E-state index contributed by atoms with van der Waals surface area (Å²) >= 11 is 5.78. The summed E-state index contributed by atoms with van der Waals surface area (Å²) in [5, 5.41) is 9.80. The number of carbonyl (C=O) groups excluding carboxylic acids is 1. The highest BCUT2D eigenvalue weighted by Gasteiger charge is 2.39. The van der Waals surface area contributed by atoms with Gasteiger partial charge in [0.1, 0.15) is 10.9 Å². The number of hydrogen-bond acceptors (Lipinski definition) is 3. The van der Waals surface area contributed by atoms with Gasteiger partial charge in [0.15, 0.2) is 6.23 Å². The zero-order valence-corrected chi connectivity index (χ0v) is 11.0. The van der Waals surface area contributed by atoms with Crippen LogP contribution in [0, 0.1) is 0 Å². The maximum Gasteiger partial charge on any atom is 0.416 e. The maximum absolute atomic E-state index is 12.6. The van der Waals surface area contributed by atoms with Crippen molar-refractivity contribution in [3.05, 3.63) is 34.5 Å². The molecule has 0 aromatic carbocycles. The Hall–Kier alpha value is -1.60. The van der Waals surface area contributed by atoms with E-state index in [1.807, 2.05) is 0 Å². The van der Waals surface area contributed by atoms with Crippen LogP contribution in [0.3, 0.4) is 0 Å². The van der Waals surface area contributed by atoms with Crippen LogP contribution in [-0.2, 0) is 11.0 Å². The lowest BCUT2D eigenvalue weighted by molar-refractivity contribution is -0.137. The van der Waals surface area contributed by atoms with Gasteiger partial charge in [-0.05, 0) is 18.6 Å². The summed E-state index contributed by atoms with van der Waals surface area (Å²) in [6.07, 6.45) is -4.72. The summed E-state index contributed by atoms with van der Waals surface area (Å²) in [5.74, 6) is -1.05. The van der Waals surface area contributed by atoms with Crippen LogP contribution in [0.1, 0.15) is 18.9 Å². The minimum absolute atomic E-state index is 0.181. The van der Waals surface area contributed by atoms with Crippen LogP contribution in [0.25, 0.3) is 0 Å². The first kappa shape index (κ1) is 14.8. The van der Waals surface area contributed by atoms with Gasteiger partial charge in [-0.3, -0.25) is 9.69 Å². The quantitative estimate of drug-likeness (QED) is 0.914. The molecule has 1 aromatic heterocycles. The van der Waals surface area contributed by atoms with Crippen molar-refractivity contribution in [2.45, 2.75) is 25.7 Å². The van der Waals surface area contributed by atoms with E-state index in [1.165, 1.54) is 0 Å². The van der Waals surface area contributed by atoms with E-state index in [1.54, 1.807) is 6.92 Å². The molecule has 1 amide bonds. The highest BCUT2D eigenvalue weighted by molar-refractivity contribution is 6.45. The molecular weight excluding hydrogens is 297 g/mol. The number of carbonyl (C=O) groups is 1. The highest BCUT2D eigenvalue weighted by Crippen LogP contribution is 2.35. The molecule has 1 aliphatic rings. The van der Waals surface area contributed by atoms with Crippen molar-refractivity contribution in [1.29, 1.82) is 0 Å². The van der Waals surface area contributed by atoms with Crippen molar-refractivity contribution in [3.63, 3.8) is 0 Å². The van der Waals surface area contributed by atoms with E-state index in [-0.39, 0.29) is 16.4 Å². The Labute approximate surface area is 117 Å². The molecule has 0 saturated carbocycles. The molecule has 1 aliphatic heterocycles. The standard InChI is InChI=1S/C12H10ClF3N2O2/c1-2-7-9(13)11(20)18(10(7)19)8-5-6(3-4-17-8)12(14,15)16/h3-5,10,19H,2H2,1H3. The monoisotopic (exact) mass is 306 g/mol.